The lowest BCUT2D eigenvalue weighted by Gasteiger charge is -2.33. The molecule has 0 aliphatic carbocycles. The molecule has 0 bridgehead atoms. The van der Waals surface area contributed by atoms with Crippen molar-refractivity contribution in [2.45, 2.75) is 37.5 Å². The van der Waals surface area contributed by atoms with Crippen LogP contribution >= 0.6 is 0 Å². The topological polar surface area (TPSA) is 105 Å². The van der Waals surface area contributed by atoms with Crippen LogP contribution in [0.5, 0.6) is 5.75 Å². The number of β-amino-alcohol motifs (C(OH)–C–C–N with tert-alkyl or cyclic N) is 1. The second kappa shape index (κ2) is 7.14. The lowest BCUT2D eigenvalue weighted by Crippen LogP contribution is -2.48. The van der Waals surface area contributed by atoms with Crippen LogP contribution in [0.3, 0.4) is 0 Å². The first-order valence-corrected chi connectivity index (χ1v) is 8.14. The molecule has 2 unspecified atom stereocenters. The van der Waals surface area contributed by atoms with Crippen LogP contribution < -0.4 is 10.1 Å². The Morgan fingerprint density at radius 3 is 2.50 bits per heavy atom. The highest BCUT2D eigenvalue weighted by atomic mass is 16.6. The highest BCUT2D eigenvalue weighted by Gasteiger charge is 2.33. The molecule has 3 rings (SSSR count). The number of nitrogens with one attached hydrogen (secondary N) is 1. The molecule has 2 saturated heterocycles. The van der Waals surface area contributed by atoms with Gasteiger partial charge in [0, 0.05) is 44.6 Å². The number of amides is 1. The monoisotopic (exact) mass is 335 g/mol. The van der Waals surface area contributed by atoms with E-state index >= 15 is 0 Å². The quantitative estimate of drug-likeness (QED) is 0.619. The van der Waals surface area contributed by atoms with E-state index in [4.69, 9.17) is 4.74 Å². The van der Waals surface area contributed by atoms with Crippen LogP contribution in [-0.4, -0.2) is 58.7 Å². The standard InChI is InChI=1S/C16H21N3O5/c20-12-9-15(17-10-12)16(21)18-7-5-14(6-8-18)24-13-3-1-11(2-4-13)19(22)23/h1-4,12,14-15,17,20H,5-10H2. The van der Waals surface area contributed by atoms with Crippen molar-refractivity contribution in [1.29, 1.82) is 0 Å². The molecule has 1 amide bonds. The van der Waals surface area contributed by atoms with Crippen molar-refractivity contribution in [1.82, 2.24) is 10.2 Å². The van der Waals surface area contributed by atoms with Gasteiger partial charge in [-0.1, -0.05) is 0 Å². The Kier molecular flexibility index (Phi) is 4.96. The maximum absolute atomic E-state index is 12.4. The molecule has 0 saturated carbocycles. The largest absolute Gasteiger partial charge is 0.490 e. The summed E-state index contributed by atoms with van der Waals surface area (Å²) in [5.74, 6) is 0.645. The average Bonchev–Trinajstić information content (AvgIpc) is 3.02. The van der Waals surface area contributed by atoms with Crippen molar-refractivity contribution in [2.24, 2.45) is 0 Å². The Morgan fingerprint density at radius 1 is 1.29 bits per heavy atom. The second-order valence-electron chi connectivity index (χ2n) is 6.24. The Bertz CT molecular complexity index is 598. The zero-order valence-corrected chi connectivity index (χ0v) is 13.3. The minimum absolute atomic E-state index is 0.00219. The van der Waals surface area contributed by atoms with Gasteiger partial charge in [0.25, 0.3) is 5.69 Å². The van der Waals surface area contributed by atoms with Crippen LogP contribution in [0.4, 0.5) is 5.69 Å². The molecule has 2 atom stereocenters. The van der Waals surface area contributed by atoms with Crippen LogP contribution in [0.1, 0.15) is 19.3 Å². The van der Waals surface area contributed by atoms with Crippen molar-refractivity contribution in [3.8, 4) is 5.75 Å². The molecule has 1 aromatic carbocycles. The number of ether oxygens (including phenoxy) is 1. The highest BCUT2D eigenvalue weighted by Crippen LogP contribution is 2.22. The summed E-state index contributed by atoms with van der Waals surface area (Å²) in [4.78, 5) is 24.4. The molecule has 130 valence electrons. The van der Waals surface area contributed by atoms with E-state index in [1.54, 1.807) is 12.1 Å². The molecule has 0 aromatic heterocycles. The fraction of sp³-hybridized carbons (Fsp3) is 0.562. The summed E-state index contributed by atoms with van der Waals surface area (Å²) in [7, 11) is 0. The number of piperidine rings is 1. The molecule has 1 aromatic rings. The first-order valence-electron chi connectivity index (χ1n) is 8.14. The number of aliphatic hydroxyl groups is 1. The SMILES string of the molecule is O=C(C1CC(O)CN1)N1CCC(Oc2ccc([N+](=O)[O-])cc2)CC1. The zero-order chi connectivity index (χ0) is 17.1. The van der Waals surface area contributed by atoms with Crippen molar-refractivity contribution < 1.29 is 19.6 Å². The number of benzene rings is 1. The first-order chi connectivity index (χ1) is 11.5. The van der Waals surface area contributed by atoms with Crippen LogP contribution in [0.15, 0.2) is 24.3 Å². The van der Waals surface area contributed by atoms with E-state index in [0.29, 0.717) is 31.8 Å². The summed E-state index contributed by atoms with van der Waals surface area (Å²) in [6.07, 6.45) is 1.47. The third kappa shape index (κ3) is 3.82. The molecular weight excluding hydrogens is 314 g/mol. The summed E-state index contributed by atoms with van der Waals surface area (Å²) in [5, 5.41) is 23.2. The van der Waals surface area contributed by atoms with E-state index in [9.17, 15) is 20.0 Å². The smallest absolute Gasteiger partial charge is 0.269 e. The summed E-state index contributed by atoms with van der Waals surface area (Å²) in [6.45, 7) is 1.70. The number of hydrogen-bond acceptors (Lipinski definition) is 6. The highest BCUT2D eigenvalue weighted by molar-refractivity contribution is 5.82. The van der Waals surface area contributed by atoms with E-state index in [1.165, 1.54) is 12.1 Å². The van der Waals surface area contributed by atoms with Gasteiger partial charge in [0.15, 0.2) is 0 Å². The number of carbonyl (C=O) groups is 1. The van der Waals surface area contributed by atoms with E-state index in [0.717, 1.165) is 12.8 Å². The van der Waals surface area contributed by atoms with Crippen molar-refractivity contribution >= 4 is 11.6 Å². The summed E-state index contributed by atoms with van der Waals surface area (Å²) >= 11 is 0. The number of non-ortho nitro benzene ring substituents is 1. The van der Waals surface area contributed by atoms with Gasteiger partial charge in [-0.3, -0.25) is 14.9 Å². The van der Waals surface area contributed by atoms with Crippen LogP contribution in [-0.2, 0) is 4.79 Å². The van der Waals surface area contributed by atoms with Gasteiger partial charge >= 0.3 is 0 Å². The number of likely N-dealkylation sites (tertiary alicyclic amines) is 1. The lowest BCUT2D eigenvalue weighted by atomic mass is 10.1. The molecule has 8 heteroatoms. The average molecular weight is 335 g/mol. The van der Waals surface area contributed by atoms with Gasteiger partial charge in [-0.15, -0.1) is 0 Å². The fourth-order valence-corrected chi connectivity index (χ4v) is 3.16. The molecule has 8 nitrogen and oxygen atoms in total. The van der Waals surface area contributed by atoms with Crippen molar-refractivity contribution in [3.63, 3.8) is 0 Å². The third-order valence-corrected chi connectivity index (χ3v) is 4.51. The van der Waals surface area contributed by atoms with Gasteiger partial charge in [0.2, 0.25) is 5.91 Å². The summed E-state index contributed by atoms with van der Waals surface area (Å²) < 4.78 is 5.84. The van der Waals surface area contributed by atoms with E-state index in [-0.39, 0.29) is 23.7 Å². The Hall–Kier alpha value is -2.19. The molecule has 0 spiro atoms. The van der Waals surface area contributed by atoms with Gasteiger partial charge < -0.3 is 20.1 Å². The van der Waals surface area contributed by atoms with Crippen LogP contribution in [0, 0.1) is 10.1 Å². The lowest BCUT2D eigenvalue weighted by molar-refractivity contribution is -0.384. The predicted molar refractivity (Wildman–Crippen MR) is 85.7 cm³/mol. The van der Waals surface area contributed by atoms with Gasteiger partial charge in [0.1, 0.15) is 11.9 Å². The number of nitro benzene ring substituents is 1. The third-order valence-electron chi connectivity index (χ3n) is 4.51. The van der Waals surface area contributed by atoms with Crippen LogP contribution in [0.25, 0.3) is 0 Å². The Labute approximate surface area is 139 Å². The van der Waals surface area contributed by atoms with Crippen molar-refractivity contribution in [2.75, 3.05) is 19.6 Å². The number of rotatable bonds is 4. The second-order valence-corrected chi connectivity index (χ2v) is 6.24. The van der Waals surface area contributed by atoms with Gasteiger partial charge in [-0.2, -0.15) is 0 Å². The van der Waals surface area contributed by atoms with E-state index < -0.39 is 11.0 Å². The Morgan fingerprint density at radius 2 is 1.96 bits per heavy atom. The molecule has 2 fully saturated rings. The number of hydrogen-bond donors (Lipinski definition) is 2. The van der Waals surface area contributed by atoms with E-state index in [1.807, 2.05) is 4.90 Å². The first kappa shape index (κ1) is 16.7. The summed E-state index contributed by atoms with van der Waals surface area (Å²) in [6, 6.07) is 5.75. The minimum Gasteiger partial charge on any atom is -0.490 e. The number of aliphatic hydroxyl groups excluding tert-OH is 1. The Balaban J connectivity index is 1.48. The fourth-order valence-electron chi connectivity index (χ4n) is 3.16. The number of nitrogens with zero attached hydrogens (tertiary/aromatic N) is 2. The zero-order valence-electron chi connectivity index (χ0n) is 13.3. The van der Waals surface area contributed by atoms with Gasteiger partial charge in [0.05, 0.1) is 17.1 Å². The number of carbonyl (C=O) groups excluding carboxylic acids is 1. The van der Waals surface area contributed by atoms with Crippen molar-refractivity contribution in [3.05, 3.63) is 34.4 Å². The normalized spacial score (nSPS) is 24.8. The molecular formula is C16H21N3O5. The number of nitro groups is 1. The molecule has 0 radical (unpaired) electrons. The molecule has 2 aliphatic rings. The maximum Gasteiger partial charge on any atom is 0.269 e. The summed E-state index contributed by atoms with van der Waals surface area (Å²) in [5.41, 5.74) is 0.0361. The van der Waals surface area contributed by atoms with Gasteiger partial charge in [-0.25, -0.2) is 0 Å². The molecule has 24 heavy (non-hydrogen) atoms. The van der Waals surface area contributed by atoms with E-state index in [2.05, 4.69) is 5.32 Å². The molecule has 2 heterocycles. The minimum atomic E-state index is -0.443. The van der Waals surface area contributed by atoms with Crippen LogP contribution in [0.2, 0.25) is 0 Å². The van der Waals surface area contributed by atoms with Gasteiger partial charge in [-0.05, 0) is 18.6 Å². The molecule has 2 N–H and O–H groups in total. The predicted octanol–water partition coefficient (Wildman–Crippen LogP) is 0.687. The molecule has 2 aliphatic heterocycles. The maximum atomic E-state index is 12.4.